The average Bonchev–Trinajstić information content (AvgIpc) is 3.29. The molecule has 3 aromatic carbocycles. The maximum Gasteiger partial charge on any atom is 0.306 e. The van der Waals surface area contributed by atoms with Crippen molar-refractivity contribution in [2.45, 2.75) is 18.9 Å². The van der Waals surface area contributed by atoms with Crippen LogP contribution in [0.2, 0.25) is 0 Å². The third-order valence-electron chi connectivity index (χ3n) is 6.35. The number of anilines is 1. The number of carbonyl (C=O) groups excluding carboxylic acids is 3. The molecule has 35 heavy (non-hydrogen) atoms. The summed E-state index contributed by atoms with van der Waals surface area (Å²) in [6, 6.07) is 20.1. The molecule has 0 bridgehead atoms. The topological polar surface area (TPSA) is 104 Å². The Morgan fingerprint density at radius 1 is 1.06 bits per heavy atom. The second-order valence-corrected chi connectivity index (χ2v) is 8.44. The molecule has 2 heterocycles. The number of benzene rings is 3. The Kier molecular flexibility index (Phi) is 5.78. The molecule has 4 aromatic rings. The molecule has 0 fully saturated rings. The second-order valence-electron chi connectivity index (χ2n) is 8.44. The maximum atomic E-state index is 13.3. The van der Waals surface area contributed by atoms with Crippen molar-refractivity contribution in [1.29, 1.82) is 0 Å². The van der Waals surface area contributed by atoms with Crippen LogP contribution in [0, 0.1) is 0 Å². The number of fused-ring (bicyclic) bond motifs is 3. The molecule has 8 heteroatoms. The molecule has 176 valence electrons. The smallest absolute Gasteiger partial charge is 0.306 e. The zero-order chi connectivity index (χ0) is 24.5. The number of rotatable bonds is 5. The standard InChI is InChI=1S/C27H24N4O4/c1-31-23-13-16(26(33)28-15-24-29-21-9-5-6-10-22(21)30-24)11-12-18(23)20(14-25(32)35-2)17-7-3-4-8-19(17)27(31)34/h3-13,20H,14-15H2,1-2H3,(H,28,33)(H,29,30). The largest absolute Gasteiger partial charge is 0.469 e. The maximum absolute atomic E-state index is 13.3. The zero-order valence-corrected chi connectivity index (χ0v) is 19.4. The molecule has 2 N–H and O–H groups in total. The first-order chi connectivity index (χ1) is 17.0. The summed E-state index contributed by atoms with van der Waals surface area (Å²) in [4.78, 5) is 47.7. The van der Waals surface area contributed by atoms with Gasteiger partial charge in [0.25, 0.3) is 11.8 Å². The van der Waals surface area contributed by atoms with E-state index >= 15 is 0 Å². The molecule has 8 nitrogen and oxygen atoms in total. The van der Waals surface area contributed by atoms with Gasteiger partial charge in [0.1, 0.15) is 5.82 Å². The Morgan fingerprint density at radius 2 is 1.83 bits per heavy atom. The van der Waals surface area contributed by atoms with Crippen molar-refractivity contribution in [3.63, 3.8) is 0 Å². The summed E-state index contributed by atoms with van der Waals surface area (Å²) in [6.45, 7) is 0.232. The van der Waals surface area contributed by atoms with Crippen LogP contribution in [0.15, 0.2) is 66.7 Å². The van der Waals surface area contributed by atoms with Crippen molar-refractivity contribution in [2.24, 2.45) is 0 Å². The van der Waals surface area contributed by atoms with Crippen LogP contribution in [0.25, 0.3) is 11.0 Å². The van der Waals surface area contributed by atoms with Crippen molar-refractivity contribution < 1.29 is 19.1 Å². The zero-order valence-electron chi connectivity index (χ0n) is 19.4. The Morgan fingerprint density at radius 3 is 2.63 bits per heavy atom. The van der Waals surface area contributed by atoms with Gasteiger partial charge in [0, 0.05) is 29.8 Å². The minimum absolute atomic E-state index is 0.0826. The van der Waals surface area contributed by atoms with Gasteiger partial charge in [-0.1, -0.05) is 36.4 Å². The third-order valence-corrected chi connectivity index (χ3v) is 6.35. The summed E-state index contributed by atoms with van der Waals surface area (Å²) in [5, 5.41) is 2.88. The minimum Gasteiger partial charge on any atom is -0.469 e. The average molecular weight is 469 g/mol. The molecule has 0 aliphatic carbocycles. The SMILES string of the molecule is COC(=O)CC1c2ccccc2C(=O)N(C)c2cc(C(=O)NCc3nc4ccccc4[nH]3)ccc21. The lowest BCUT2D eigenvalue weighted by molar-refractivity contribution is -0.140. The summed E-state index contributed by atoms with van der Waals surface area (Å²) < 4.78 is 4.92. The number of ether oxygens (including phenoxy) is 1. The van der Waals surface area contributed by atoms with Gasteiger partial charge in [-0.25, -0.2) is 4.98 Å². The number of para-hydroxylation sites is 2. The number of H-pyrrole nitrogens is 1. The number of carbonyl (C=O) groups is 3. The number of nitrogens with zero attached hydrogens (tertiary/aromatic N) is 2. The van der Waals surface area contributed by atoms with Crippen molar-refractivity contribution in [2.75, 3.05) is 19.1 Å². The van der Waals surface area contributed by atoms with Crippen molar-refractivity contribution in [3.8, 4) is 0 Å². The Hall–Kier alpha value is -4.46. The number of nitrogens with one attached hydrogen (secondary N) is 2. The van der Waals surface area contributed by atoms with Crippen LogP contribution in [0.1, 0.15) is 50.0 Å². The normalized spacial score (nSPS) is 14.7. The van der Waals surface area contributed by atoms with Gasteiger partial charge in [0.15, 0.2) is 0 Å². The van der Waals surface area contributed by atoms with Crippen molar-refractivity contribution >= 4 is 34.5 Å². The molecule has 2 amide bonds. The molecule has 1 atom stereocenters. The van der Waals surface area contributed by atoms with E-state index in [1.807, 2.05) is 42.5 Å². The molecule has 0 saturated heterocycles. The first kappa shape index (κ1) is 22.3. The van der Waals surface area contributed by atoms with Gasteiger partial charge in [-0.2, -0.15) is 0 Å². The number of amides is 2. The van der Waals surface area contributed by atoms with Gasteiger partial charge in [0.2, 0.25) is 0 Å². The van der Waals surface area contributed by atoms with Gasteiger partial charge in [-0.05, 0) is 41.5 Å². The van der Waals surface area contributed by atoms with Crippen molar-refractivity contribution in [1.82, 2.24) is 15.3 Å². The van der Waals surface area contributed by atoms with Crippen molar-refractivity contribution in [3.05, 3.63) is 94.8 Å². The first-order valence-electron chi connectivity index (χ1n) is 11.3. The first-order valence-corrected chi connectivity index (χ1v) is 11.3. The van der Waals surface area contributed by atoms with Gasteiger partial charge in [0.05, 0.1) is 31.1 Å². The van der Waals surface area contributed by atoms with Gasteiger partial charge in [-0.3, -0.25) is 14.4 Å². The van der Waals surface area contributed by atoms with E-state index in [1.165, 1.54) is 12.0 Å². The Balaban J connectivity index is 1.46. The number of esters is 1. The molecule has 0 spiro atoms. The molecular weight excluding hydrogens is 444 g/mol. The highest BCUT2D eigenvalue weighted by atomic mass is 16.5. The van der Waals surface area contributed by atoms with Gasteiger partial charge in [-0.15, -0.1) is 0 Å². The van der Waals surface area contributed by atoms with Gasteiger partial charge >= 0.3 is 5.97 Å². The molecular formula is C27H24N4O4. The van der Waals surface area contributed by atoms with Crippen LogP contribution < -0.4 is 10.2 Å². The van der Waals surface area contributed by atoms with Crippen LogP contribution in [0.5, 0.6) is 0 Å². The highest BCUT2D eigenvalue weighted by Gasteiger charge is 2.32. The summed E-state index contributed by atoms with van der Waals surface area (Å²) in [6.07, 6.45) is 0.0826. The Labute approximate surface area is 201 Å². The summed E-state index contributed by atoms with van der Waals surface area (Å²) in [5.74, 6) is -0.597. The predicted octanol–water partition coefficient (Wildman–Crippen LogP) is 3.78. The number of methoxy groups -OCH3 is 1. The fourth-order valence-electron chi connectivity index (χ4n) is 4.55. The fraction of sp³-hybridized carbons (Fsp3) is 0.185. The molecule has 1 aromatic heterocycles. The summed E-state index contributed by atoms with van der Waals surface area (Å²) >= 11 is 0. The number of imidazole rings is 1. The van der Waals surface area contributed by atoms with E-state index in [0.29, 0.717) is 22.6 Å². The monoisotopic (exact) mass is 468 g/mol. The van der Waals surface area contributed by atoms with E-state index in [-0.39, 0.29) is 36.7 Å². The summed E-state index contributed by atoms with van der Waals surface area (Å²) in [7, 11) is 3.02. The molecule has 5 rings (SSSR count). The van der Waals surface area contributed by atoms with Crippen LogP contribution in [0.3, 0.4) is 0 Å². The number of aromatic amines is 1. The molecule has 0 radical (unpaired) electrons. The van der Waals surface area contributed by atoms with Crippen LogP contribution >= 0.6 is 0 Å². The Bertz CT molecular complexity index is 1430. The molecule has 1 aliphatic heterocycles. The summed E-state index contributed by atoms with van der Waals surface area (Å²) in [5.41, 5.74) is 4.78. The number of aromatic nitrogens is 2. The second kappa shape index (κ2) is 9.06. The van der Waals surface area contributed by atoms with E-state index in [1.54, 1.807) is 31.3 Å². The molecule has 0 saturated carbocycles. The highest BCUT2D eigenvalue weighted by molar-refractivity contribution is 6.09. The third kappa shape index (κ3) is 4.14. The van der Waals surface area contributed by atoms with E-state index in [0.717, 1.165) is 22.2 Å². The number of hydrogen-bond acceptors (Lipinski definition) is 5. The van der Waals surface area contributed by atoms with E-state index in [4.69, 9.17) is 4.74 Å². The van der Waals surface area contributed by atoms with E-state index in [9.17, 15) is 14.4 Å². The highest BCUT2D eigenvalue weighted by Crippen LogP contribution is 2.40. The lowest BCUT2D eigenvalue weighted by Gasteiger charge is -2.21. The predicted molar refractivity (Wildman–Crippen MR) is 131 cm³/mol. The van der Waals surface area contributed by atoms with E-state index < -0.39 is 0 Å². The van der Waals surface area contributed by atoms with Gasteiger partial charge < -0.3 is 19.9 Å². The minimum atomic E-state index is -0.379. The lowest BCUT2D eigenvalue weighted by atomic mass is 9.85. The number of hydrogen-bond donors (Lipinski definition) is 2. The van der Waals surface area contributed by atoms with Crippen LogP contribution in [0.4, 0.5) is 5.69 Å². The lowest BCUT2D eigenvalue weighted by Crippen LogP contribution is -2.27. The fourth-order valence-corrected chi connectivity index (χ4v) is 4.55. The van der Waals surface area contributed by atoms with Crippen LogP contribution in [-0.4, -0.2) is 41.9 Å². The van der Waals surface area contributed by atoms with E-state index in [2.05, 4.69) is 15.3 Å². The quantitative estimate of drug-likeness (QED) is 0.434. The van der Waals surface area contributed by atoms with Crippen LogP contribution in [-0.2, 0) is 16.1 Å². The molecule has 1 unspecified atom stereocenters. The molecule has 1 aliphatic rings.